The van der Waals surface area contributed by atoms with Crippen molar-refractivity contribution in [2.45, 2.75) is 26.8 Å². The molecular weight excluding hydrogens is 294 g/mol. The first-order valence-electron chi connectivity index (χ1n) is 6.26. The Kier molecular flexibility index (Phi) is 6.68. The van der Waals surface area contributed by atoms with E-state index in [4.69, 9.17) is 15.2 Å². The average Bonchev–Trinajstić information content (AvgIpc) is 2.29. The van der Waals surface area contributed by atoms with E-state index in [9.17, 15) is 0 Å². The maximum atomic E-state index is 5.82. The molecule has 0 heterocycles. The second kappa shape index (κ2) is 7.77. The van der Waals surface area contributed by atoms with Crippen molar-refractivity contribution in [1.29, 1.82) is 0 Å². The highest BCUT2D eigenvalue weighted by Crippen LogP contribution is 2.27. The molecule has 0 aliphatic rings. The van der Waals surface area contributed by atoms with Crippen LogP contribution < -0.4 is 10.5 Å². The van der Waals surface area contributed by atoms with Crippen LogP contribution in [-0.4, -0.2) is 19.8 Å². The molecule has 1 unspecified atom stereocenters. The number of hydrogen-bond acceptors (Lipinski definition) is 3. The van der Waals surface area contributed by atoms with Crippen molar-refractivity contribution >= 4 is 15.9 Å². The van der Waals surface area contributed by atoms with Gasteiger partial charge in [0.05, 0.1) is 11.1 Å². The van der Waals surface area contributed by atoms with Crippen LogP contribution in [0.25, 0.3) is 0 Å². The third-order valence-corrected chi connectivity index (χ3v) is 3.04. The van der Waals surface area contributed by atoms with E-state index in [2.05, 4.69) is 29.8 Å². The van der Waals surface area contributed by atoms with Crippen LogP contribution in [0.2, 0.25) is 0 Å². The van der Waals surface area contributed by atoms with Gasteiger partial charge in [0.15, 0.2) is 0 Å². The minimum Gasteiger partial charge on any atom is -0.490 e. The van der Waals surface area contributed by atoms with Crippen LogP contribution in [0, 0.1) is 5.92 Å². The van der Waals surface area contributed by atoms with Gasteiger partial charge < -0.3 is 15.2 Å². The van der Waals surface area contributed by atoms with Crippen molar-refractivity contribution in [2.75, 3.05) is 19.8 Å². The van der Waals surface area contributed by atoms with Crippen molar-refractivity contribution in [1.82, 2.24) is 0 Å². The Bertz CT molecular complexity index is 367. The summed E-state index contributed by atoms with van der Waals surface area (Å²) in [5.41, 5.74) is 6.91. The minimum absolute atomic E-state index is 0.0322. The first kappa shape index (κ1) is 15.5. The van der Waals surface area contributed by atoms with Crippen molar-refractivity contribution < 1.29 is 9.47 Å². The summed E-state index contributed by atoms with van der Waals surface area (Å²) in [6.07, 6.45) is 0. The molecule has 0 aliphatic heterocycles. The lowest BCUT2D eigenvalue weighted by Crippen LogP contribution is -2.10. The van der Waals surface area contributed by atoms with E-state index in [0.29, 0.717) is 19.1 Å². The van der Waals surface area contributed by atoms with Gasteiger partial charge in [-0.3, -0.25) is 0 Å². The van der Waals surface area contributed by atoms with Gasteiger partial charge in [0.1, 0.15) is 12.4 Å². The molecule has 0 bridgehead atoms. The third-order valence-electron chi connectivity index (χ3n) is 2.42. The van der Waals surface area contributed by atoms with Crippen LogP contribution in [-0.2, 0) is 4.74 Å². The first-order valence-corrected chi connectivity index (χ1v) is 7.05. The molecule has 18 heavy (non-hydrogen) atoms. The molecule has 2 N–H and O–H groups in total. The monoisotopic (exact) mass is 315 g/mol. The summed E-state index contributed by atoms with van der Waals surface area (Å²) >= 11 is 3.49. The largest absolute Gasteiger partial charge is 0.490 e. The number of hydrogen-bond donors (Lipinski definition) is 1. The van der Waals surface area contributed by atoms with Crippen LogP contribution in [0.3, 0.4) is 0 Å². The van der Waals surface area contributed by atoms with Gasteiger partial charge in [0, 0.05) is 12.6 Å². The van der Waals surface area contributed by atoms with Crippen molar-refractivity contribution in [3.63, 3.8) is 0 Å². The molecule has 1 aromatic rings. The quantitative estimate of drug-likeness (QED) is 0.783. The Hall–Kier alpha value is -0.580. The van der Waals surface area contributed by atoms with Gasteiger partial charge in [0.2, 0.25) is 0 Å². The fourth-order valence-corrected chi connectivity index (χ4v) is 1.96. The number of rotatable bonds is 7. The van der Waals surface area contributed by atoms with Crippen molar-refractivity contribution in [2.24, 2.45) is 11.7 Å². The van der Waals surface area contributed by atoms with E-state index in [-0.39, 0.29) is 6.04 Å². The van der Waals surface area contributed by atoms with Gasteiger partial charge in [-0.05, 0) is 46.5 Å². The molecule has 0 spiro atoms. The SMILES string of the molecule is CC(C)COCCOc1ccc(C(C)N)cc1Br. The maximum absolute atomic E-state index is 5.82. The highest BCUT2D eigenvalue weighted by molar-refractivity contribution is 9.10. The molecule has 3 nitrogen and oxygen atoms in total. The topological polar surface area (TPSA) is 44.5 Å². The molecule has 0 saturated carbocycles. The van der Waals surface area contributed by atoms with Gasteiger partial charge in [-0.2, -0.15) is 0 Å². The molecule has 0 saturated heterocycles. The molecule has 4 heteroatoms. The van der Waals surface area contributed by atoms with Crippen LogP contribution in [0.15, 0.2) is 22.7 Å². The van der Waals surface area contributed by atoms with E-state index >= 15 is 0 Å². The summed E-state index contributed by atoms with van der Waals surface area (Å²) in [4.78, 5) is 0. The highest BCUT2D eigenvalue weighted by atomic mass is 79.9. The van der Waals surface area contributed by atoms with E-state index in [1.807, 2.05) is 25.1 Å². The smallest absolute Gasteiger partial charge is 0.133 e. The Labute approximate surface area is 118 Å². The normalized spacial score (nSPS) is 12.8. The van der Waals surface area contributed by atoms with Gasteiger partial charge in [-0.15, -0.1) is 0 Å². The van der Waals surface area contributed by atoms with Crippen molar-refractivity contribution in [3.8, 4) is 5.75 Å². The van der Waals surface area contributed by atoms with Crippen LogP contribution >= 0.6 is 15.9 Å². The van der Waals surface area contributed by atoms with Crippen LogP contribution in [0.5, 0.6) is 5.75 Å². The summed E-state index contributed by atoms with van der Waals surface area (Å²) in [5, 5.41) is 0. The highest BCUT2D eigenvalue weighted by Gasteiger charge is 2.05. The molecule has 0 radical (unpaired) electrons. The van der Waals surface area contributed by atoms with Crippen LogP contribution in [0.4, 0.5) is 0 Å². The summed E-state index contributed by atoms with van der Waals surface area (Å²) < 4.78 is 12.0. The van der Waals surface area contributed by atoms with Crippen LogP contribution in [0.1, 0.15) is 32.4 Å². The molecule has 0 aliphatic carbocycles. The van der Waals surface area contributed by atoms with E-state index in [0.717, 1.165) is 22.4 Å². The Morgan fingerprint density at radius 2 is 1.94 bits per heavy atom. The second-order valence-corrected chi connectivity index (χ2v) is 5.65. The number of ether oxygens (including phenoxy) is 2. The van der Waals surface area contributed by atoms with Gasteiger partial charge in [-0.1, -0.05) is 19.9 Å². The second-order valence-electron chi connectivity index (χ2n) is 4.80. The van der Waals surface area contributed by atoms with E-state index < -0.39 is 0 Å². The fraction of sp³-hybridized carbons (Fsp3) is 0.571. The zero-order valence-electron chi connectivity index (χ0n) is 11.3. The number of nitrogens with two attached hydrogens (primary N) is 1. The Morgan fingerprint density at radius 3 is 2.50 bits per heavy atom. The summed E-state index contributed by atoms with van der Waals surface area (Å²) in [5.74, 6) is 1.38. The Balaban J connectivity index is 2.39. The molecular formula is C14H22BrNO2. The summed E-state index contributed by atoms with van der Waals surface area (Å²) in [6.45, 7) is 8.16. The molecule has 0 amide bonds. The number of benzene rings is 1. The lowest BCUT2D eigenvalue weighted by atomic mass is 10.1. The fourth-order valence-electron chi connectivity index (χ4n) is 1.45. The van der Waals surface area contributed by atoms with Gasteiger partial charge in [-0.25, -0.2) is 0 Å². The third kappa shape index (κ3) is 5.38. The number of halogens is 1. The van der Waals surface area contributed by atoms with Crippen molar-refractivity contribution in [3.05, 3.63) is 28.2 Å². The minimum atomic E-state index is 0.0322. The van der Waals surface area contributed by atoms with Gasteiger partial charge >= 0.3 is 0 Å². The summed E-state index contributed by atoms with van der Waals surface area (Å²) in [7, 11) is 0. The van der Waals surface area contributed by atoms with E-state index in [1.54, 1.807) is 0 Å². The first-order chi connectivity index (χ1) is 8.50. The molecule has 0 fully saturated rings. The average molecular weight is 316 g/mol. The lowest BCUT2D eigenvalue weighted by Gasteiger charge is -2.12. The zero-order valence-corrected chi connectivity index (χ0v) is 12.9. The predicted molar refractivity (Wildman–Crippen MR) is 77.9 cm³/mol. The maximum Gasteiger partial charge on any atom is 0.133 e. The molecule has 1 rings (SSSR count). The molecule has 1 aromatic carbocycles. The standard InChI is InChI=1S/C14H22BrNO2/c1-10(2)9-17-6-7-18-14-5-4-12(11(3)16)8-13(14)15/h4-5,8,10-11H,6-7,9,16H2,1-3H3. The molecule has 1 atom stereocenters. The van der Waals surface area contributed by atoms with E-state index in [1.165, 1.54) is 0 Å². The zero-order chi connectivity index (χ0) is 13.5. The van der Waals surface area contributed by atoms with Gasteiger partial charge in [0.25, 0.3) is 0 Å². The summed E-state index contributed by atoms with van der Waals surface area (Å²) in [6, 6.07) is 5.95. The lowest BCUT2D eigenvalue weighted by molar-refractivity contribution is 0.0817. The molecule has 0 aromatic heterocycles. The molecule has 102 valence electrons. The Morgan fingerprint density at radius 1 is 1.22 bits per heavy atom. The predicted octanol–water partition coefficient (Wildman–Crippen LogP) is 3.52.